The van der Waals surface area contributed by atoms with Crippen molar-refractivity contribution < 1.29 is 0 Å². The van der Waals surface area contributed by atoms with Gasteiger partial charge in [-0.25, -0.2) is 0 Å². The van der Waals surface area contributed by atoms with Crippen LogP contribution in [0.1, 0.15) is 49.8 Å². The zero-order valence-electron chi connectivity index (χ0n) is 13.7. The third-order valence-electron chi connectivity index (χ3n) is 3.90. The first-order chi connectivity index (χ1) is 10.1. The fourth-order valence-corrected chi connectivity index (χ4v) is 2.56. The monoisotopic (exact) mass is 281 g/mol. The molecule has 0 aliphatic carbocycles. The number of rotatable bonds is 6. The van der Waals surface area contributed by atoms with Crippen molar-refractivity contribution in [2.45, 2.75) is 46.6 Å². The largest absolute Gasteiger partial charge is 0.313 e. The van der Waals surface area contributed by atoms with Gasteiger partial charge in [0.15, 0.2) is 0 Å². The van der Waals surface area contributed by atoms with Gasteiger partial charge in [-0.3, -0.25) is 0 Å². The van der Waals surface area contributed by atoms with Gasteiger partial charge in [-0.15, -0.1) is 0 Å². The summed E-state index contributed by atoms with van der Waals surface area (Å²) in [6.07, 6.45) is 1.17. The van der Waals surface area contributed by atoms with E-state index in [2.05, 4.69) is 75.5 Å². The van der Waals surface area contributed by atoms with Crippen LogP contribution in [0.25, 0.3) is 11.1 Å². The lowest BCUT2D eigenvalue weighted by Gasteiger charge is -2.13. The maximum atomic E-state index is 3.51. The molecular formula is C20H27N. The Hall–Kier alpha value is -1.60. The Morgan fingerprint density at radius 2 is 1.71 bits per heavy atom. The average Bonchev–Trinajstić information content (AvgIpc) is 2.49. The predicted molar refractivity (Wildman–Crippen MR) is 92.7 cm³/mol. The zero-order valence-corrected chi connectivity index (χ0v) is 13.7. The van der Waals surface area contributed by atoms with E-state index in [9.17, 15) is 0 Å². The number of hydrogen-bond donors (Lipinski definition) is 1. The molecule has 0 saturated heterocycles. The highest BCUT2D eigenvalue weighted by molar-refractivity contribution is 5.68. The topological polar surface area (TPSA) is 12.0 Å². The van der Waals surface area contributed by atoms with E-state index >= 15 is 0 Å². The quantitative estimate of drug-likeness (QED) is 0.710. The SMILES string of the molecule is CCCNCc1ccc(C)cc1-c1ccc(C(C)C)cc1. The maximum absolute atomic E-state index is 3.51. The van der Waals surface area contributed by atoms with Crippen LogP contribution in [0.2, 0.25) is 0 Å². The second-order valence-corrected chi connectivity index (χ2v) is 6.11. The van der Waals surface area contributed by atoms with Crippen molar-refractivity contribution in [3.63, 3.8) is 0 Å². The van der Waals surface area contributed by atoms with Crippen LogP contribution < -0.4 is 5.32 Å². The molecule has 2 rings (SSSR count). The molecule has 0 amide bonds. The van der Waals surface area contributed by atoms with Crippen molar-refractivity contribution in [3.05, 3.63) is 59.2 Å². The molecule has 0 unspecified atom stereocenters. The number of benzene rings is 2. The van der Waals surface area contributed by atoms with Gasteiger partial charge in [0.1, 0.15) is 0 Å². The van der Waals surface area contributed by atoms with Gasteiger partial charge in [-0.2, -0.15) is 0 Å². The van der Waals surface area contributed by atoms with Crippen molar-refractivity contribution in [2.75, 3.05) is 6.54 Å². The first-order valence-electron chi connectivity index (χ1n) is 8.02. The van der Waals surface area contributed by atoms with Gasteiger partial charge < -0.3 is 5.32 Å². The molecule has 0 aromatic heterocycles. The maximum Gasteiger partial charge on any atom is 0.0211 e. The number of hydrogen-bond acceptors (Lipinski definition) is 1. The highest BCUT2D eigenvalue weighted by Crippen LogP contribution is 2.27. The summed E-state index contributed by atoms with van der Waals surface area (Å²) >= 11 is 0. The molecule has 2 aromatic rings. The summed E-state index contributed by atoms with van der Waals surface area (Å²) in [5, 5.41) is 3.51. The average molecular weight is 281 g/mol. The van der Waals surface area contributed by atoms with Crippen LogP contribution in [-0.4, -0.2) is 6.54 Å². The van der Waals surface area contributed by atoms with E-state index in [1.54, 1.807) is 0 Å². The molecule has 0 atom stereocenters. The third kappa shape index (κ3) is 4.18. The minimum absolute atomic E-state index is 0.585. The fraction of sp³-hybridized carbons (Fsp3) is 0.400. The Kier molecular flexibility index (Phi) is 5.58. The first kappa shape index (κ1) is 15.8. The Bertz CT molecular complexity index is 567. The van der Waals surface area contributed by atoms with Gasteiger partial charge in [0.2, 0.25) is 0 Å². The summed E-state index contributed by atoms with van der Waals surface area (Å²) in [4.78, 5) is 0. The first-order valence-corrected chi connectivity index (χ1v) is 8.02. The third-order valence-corrected chi connectivity index (χ3v) is 3.90. The lowest BCUT2D eigenvalue weighted by atomic mass is 9.94. The van der Waals surface area contributed by atoms with E-state index in [4.69, 9.17) is 0 Å². The molecule has 0 spiro atoms. The molecular weight excluding hydrogens is 254 g/mol. The molecule has 0 fully saturated rings. The van der Waals surface area contributed by atoms with Gasteiger partial charge >= 0.3 is 0 Å². The molecule has 0 aliphatic heterocycles. The Morgan fingerprint density at radius 1 is 1.00 bits per heavy atom. The molecule has 21 heavy (non-hydrogen) atoms. The minimum atomic E-state index is 0.585. The van der Waals surface area contributed by atoms with E-state index < -0.39 is 0 Å². The van der Waals surface area contributed by atoms with Crippen LogP contribution in [0.4, 0.5) is 0 Å². The predicted octanol–water partition coefficient (Wildman–Crippen LogP) is 5.29. The van der Waals surface area contributed by atoms with Crippen molar-refractivity contribution in [1.29, 1.82) is 0 Å². The molecule has 0 bridgehead atoms. The fourth-order valence-electron chi connectivity index (χ4n) is 2.56. The molecule has 1 heteroatoms. The Labute approximate surface area is 129 Å². The van der Waals surface area contributed by atoms with Crippen molar-refractivity contribution in [2.24, 2.45) is 0 Å². The molecule has 1 nitrogen and oxygen atoms in total. The van der Waals surface area contributed by atoms with Crippen LogP contribution in [0.15, 0.2) is 42.5 Å². The summed E-state index contributed by atoms with van der Waals surface area (Å²) in [5.41, 5.74) is 6.77. The standard InChI is InChI=1S/C20H27N/c1-5-12-21-14-19-7-6-16(4)13-20(19)18-10-8-17(9-11-18)15(2)3/h6-11,13,15,21H,5,12,14H2,1-4H3. The van der Waals surface area contributed by atoms with Crippen LogP contribution in [0.3, 0.4) is 0 Å². The van der Waals surface area contributed by atoms with Crippen molar-refractivity contribution in [1.82, 2.24) is 5.32 Å². The zero-order chi connectivity index (χ0) is 15.2. The molecule has 0 heterocycles. The van der Waals surface area contributed by atoms with Gasteiger partial charge in [0, 0.05) is 6.54 Å². The van der Waals surface area contributed by atoms with E-state index in [1.165, 1.54) is 34.2 Å². The smallest absolute Gasteiger partial charge is 0.0211 e. The van der Waals surface area contributed by atoms with Gasteiger partial charge in [0.25, 0.3) is 0 Å². The minimum Gasteiger partial charge on any atom is -0.313 e. The number of aryl methyl sites for hydroxylation is 1. The van der Waals surface area contributed by atoms with E-state index in [1.807, 2.05) is 0 Å². The summed E-state index contributed by atoms with van der Waals surface area (Å²) in [5.74, 6) is 0.585. The molecule has 0 radical (unpaired) electrons. The highest BCUT2D eigenvalue weighted by Gasteiger charge is 2.06. The van der Waals surface area contributed by atoms with Crippen LogP contribution in [-0.2, 0) is 6.54 Å². The van der Waals surface area contributed by atoms with E-state index in [0.29, 0.717) is 5.92 Å². The van der Waals surface area contributed by atoms with Gasteiger partial charge in [-0.05, 0) is 48.1 Å². The van der Waals surface area contributed by atoms with Gasteiger partial charge in [-0.1, -0.05) is 68.8 Å². The number of nitrogens with one attached hydrogen (secondary N) is 1. The summed E-state index contributed by atoms with van der Waals surface area (Å²) in [7, 11) is 0. The molecule has 2 aromatic carbocycles. The lowest BCUT2D eigenvalue weighted by Crippen LogP contribution is -2.14. The summed E-state index contributed by atoms with van der Waals surface area (Å²) in [6, 6.07) is 15.8. The normalized spacial score (nSPS) is 11.1. The van der Waals surface area contributed by atoms with Crippen LogP contribution in [0, 0.1) is 6.92 Å². The second-order valence-electron chi connectivity index (χ2n) is 6.11. The Balaban J connectivity index is 2.30. The van der Waals surface area contributed by atoms with Crippen molar-refractivity contribution in [3.8, 4) is 11.1 Å². The summed E-state index contributed by atoms with van der Waals surface area (Å²) < 4.78 is 0. The van der Waals surface area contributed by atoms with Crippen molar-refractivity contribution >= 4 is 0 Å². The second kappa shape index (κ2) is 7.42. The molecule has 0 aliphatic rings. The highest BCUT2D eigenvalue weighted by atomic mass is 14.8. The van der Waals surface area contributed by atoms with Gasteiger partial charge in [0.05, 0.1) is 0 Å². The van der Waals surface area contributed by atoms with E-state index in [0.717, 1.165) is 13.1 Å². The van der Waals surface area contributed by atoms with E-state index in [-0.39, 0.29) is 0 Å². The Morgan fingerprint density at radius 3 is 2.33 bits per heavy atom. The summed E-state index contributed by atoms with van der Waals surface area (Å²) in [6.45, 7) is 10.8. The van der Waals surface area contributed by atoms with Crippen LogP contribution in [0.5, 0.6) is 0 Å². The molecule has 1 N–H and O–H groups in total. The van der Waals surface area contributed by atoms with Crippen LogP contribution >= 0.6 is 0 Å². The molecule has 112 valence electrons. The molecule has 0 saturated carbocycles. The lowest BCUT2D eigenvalue weighted by molar-refractivity contribution is 0.676.